The van der Waals surface area contributed by atoms with Gasteiger partial charge in [0.05, 0.1) is 6.10 Å². The third-order valence-corrected chi connectivity index (χ3v) is 4.84. The summed E-state index contributed by atoms with van der Waals surface area (Å²) in [7, 11) is 2.24. The van der Waals surface area contributed by atoms with Gasteiger partial charge in [-0.2, -0.15) is 0 Å². The molecule has 1 aliphatic rings. The van der Waals surface area contributed by atoms with E-state index in [-0.39, 0.29) is 5.54 Å². The number of hydrogen-bond acceptors (Lipinski definition) is 3. The molecule has 0 bridgehead atoms. The molecule has 3 atom stereocenters. The van der Waals surface area contributed by atoms with Crippen molar-refractivity contribution in [2.75, 3.05) is 20.2 Å². The lowest BCUT2D eigenvalue weighted by Crippen LogP contribution is -2.60. The Morgan fingerprint density at radius 3 is 2.56 bits per heavy atom. The first-order valence-electron chi connectivity index (χ1n) is 7.51. The number of rotatable bonds is 6. The molecular weight excluding hydrogens is 224 g/mol. The Hall–Kier alpha value is -0.120. The van der Waals surface area contributed by atoms with Gasteiger partial charge in [0.25, 0.3) is 0 Å². The van der Waals surface area contributed by atoms with Gasteiger partial charge in [0.2, 0.25) is 0 Å². The van der Waals surface area contributed by atoms with Gasteiger partial charge in [0.1, 0.15) is 0 Å². The van der Waals surface area contributed by atoms with Crippen LogP contribution >= 0.6 is 0 Å². The fraction of sp³-hybridized carbons (Fsp3) is 1.00. The first-order chi connectivity index (χ1) is 8.46. The van der Waals surface area contributed by atoms with Gasteiger partial charge >= 0.3 is 0 Å². The van der Waals surface area contributed by atoms with Crippen LogP contribution in [0, 0.1) is 5.92 Å². The maximum atomic E-state index is 6.14. The van der Waals surface area contributed by atoms with Crippen molar-refractivity contribution in [2.24, 2.45) is 11.7 Å². The minimum Gasteiger partial charge on any atom is -0.378 e. The van der Waals surface area contributed by atoms with Gasteiger partial charge in [-0.1, -0.05) is 27.2 Å². The largest absolute Gasteiger partial charge is 0.378 e. The SMILES string of the molecule is CCCC1CC(CN)(N(C)C(C)C(C)C)CCO1. The summed E-state index contributed by atoms with van der Waals surface area (Å²) in [5.74, 6) is 0.658. The highest BCUT2D eigenvalue weighted by Gasteiger charge is 2.41. The Kier molecular flexibility index (Phi) is 6.09. The van der Waals surface area contributed by atoms with E-state index in [0.29, 0.717) is 18.1 Å². The monoisotopic (exact) mass is 256 g/mol. The molecule has 0 radical (unpaired) electrons. The van der Waals surface area contributed by atoms with Crippen LogP contribution < -0.4 is 5.73 Å². The fourth-order valence-electron chi connectivity index (χ4n) is 3.04. The van der Waals surface area contributed by atoms with E-state index >= 15 is 0 Å². The van der Waals surface area contributed by atoms with Crippen molar-refractivity contribution < 1.29 is 4.74 Å². The summed E-state index contributed by atoms with van der Waals surface area (Å²) in [5.41, 5.74) is 6.28. The molecule has 0 amide bonds. The second-order valence-electron chi connectivity index (χ2n) is 6.26. The van der Waals surface area contributed by atoms with Crippen molar-refractivity contribution in [3.05, 3.63) is 0 Å². The van der Waals surface area contributed by atoms with Crippen LogP contribution in [0.4, 0.5) is 0 Å². The molecule has 3 nitrogen and oxygen atoms in total. The Labute approximate surface area is 113 Å². The average molecular weight is 256 g/mol. The molecular formula is C15H32N2O. The van der Waals surface area contributed by atoms with Gasteiger partial charge in [-0.05, 0) is 39.2 Å². The second kappa shape index (κ2) is 6.88. The van der Waals surface area contributed by atoms with Crippen LogP contribution in [0.15, 0.2) is 0 Å². The number of likely N-dealkylation sites (N-methyl/N-ethyl adjacent to an activating group) is 1. The van der Waals surface area contributed by atoms with Crippen molar-refractivity contribution in [3.8, 4) is 0 Å². The first-order valence-corrected chi connectivity index (χ1v) is 7.51. The standard InChI is InChI=1S/C15H32N2O/c1-6-7-14-10-15(11-16,8-9-18-14)17(5)13(4)12(2)3/h12-14H,6-11,16H2,1-5H3. The predicted octanol–water partition coefficient (Wildman–Crippen LogP) is 2.64. The minimum absolute atomic E-state index is 0.141. The maximum absolute atomic E-state index is 6.14. The molecule has 1 saturated heterocycles. The normalized spacial score (nSPS) is 31.0. The molecule has 0 aromatic heterocycles. The lowest BCUT2D eigenvalue weighted by molar-refractivity contribution is -0.0803. The van der Waals surface area contributed by atoms with Crippen LogP contribution in [0.25, 0.3) is 0 Å². The molecule has 108 valence electrons. The van der Waals surface area contributed by atoms with Gasteiger partial charge in [0.15, 0.2) is 0 Å². The molecule has 3 heteroatoms. The highest BCUT2D eigenvalue weighted by Crippen LogP contribution is 2.33. The maximum Gasteiger partial charge on any atom is 0.0593 e. The molecule has 0 saturated carbocycles. The van der Waals surface area contributed by atoms with Gasteiger partial charge < -0.3 is 10.5 Å². The zero-order valence-corrected chi connectivity index (χ0v) is 12.9. The van der Waals surface area contributed by atoms with E-state index in [1.807, 2.05) is 0 Å². The smallest absolute Gasteiger partial charge is 0.0593 e. The van der Waals surface area contributed by atoms with Crippen LogP contribution in [0.1, 0.15) is 53.4 Å². The number of ether oxygens (including phenoxy) is 1. The Morgan fingerprint density at radius 1 is 1.39 bits per heavy atom. The molecule has 18 heavy (non-hydrogen) atoms. The van der Waals surface area contributed by atoms with Crippen LogP contribution in [0.5, 0.6) is 0 Å². The molecule has 0 aliphatic carbocycles. The quantitative estimate of drug-likeness (QED) is 0.794. The topological polar surface area (TPSA) is 38.5 Å². The van der Waals surface area contributed by atoms with Crippen molar-refractivity contribution in [1.29, 1.82) is 0 Å². The van der Waals surface area contributed by atoms with Crippen molar-refractivity contribution in [2.45, 2.75) is 71.1 Å². The third kappa shape index (κ3) is 3.46. The van der Waals surface area contributed by atoms with Crippen molar-refractivity contribution >= 4 is 0 Å². The highest BCUT2D eigenvalue weighted by atomic mass is 16.5. The molecule has 1 heterocycles. The van der Waals surface area contributed by atoms with Crippen LogP contribution in [0.3, 0.4) is 0 Å². The van der Waals surface area contributed by atoms with E-state index in [4.69, 9.17) is 10.5 Å². The summed E-state index contributed by atoms with van der Waals surface area (Å²) in [6.45, 7) is 10.7. The van der Waals surface area contributed by atoms with Gasteiger partial charge in [-0.15, -0.1) is 0 Å². The van der Waals surface area contributed by atoms with Crippen molar-refractivity contribution in [3.63, 3.8) is 0 Å². The third-order valence-electron chi connectivity index (χ3n) is 4.84. The molecule has 1 fully saturated rings. The summed E-state index contributed by atoms with van der Waals surface area (Å²) in [5, 5.41) is 0. The molecule has 2 N–H and O–H groups in total. The minimum atomic E-state index is 0.141. The molecule has 0 spiro atoms. The lowest BCUT2D eigenvalue weighted by atomic mass is 9.82. The van der Waals surface area contributed by atoms with E-state index in [9.17, 15) is 0 Å². The summed E-state index contributed by atoms with van der Waals surface area (Å²) in [6.07, 6.45) is 4.90. The lowest BCUT2D eigenvalue weighted by Gasteiger charge is -2.49. The van der Waals surface area contributed by atoms with Gasteiger partial charge in [-0.3, -0.25) is 4.90 Å². The molecule has 0 aromatic carbocycles. The molecule has 1 rings (SSSR count). The van der Waals surface area contributed by atoms with Crippen LogP contribution in [-0.2, 0) is 4.74 Å². The molecule has 1 aliphatic heterocycles. The van der Waals surface area contributed by atoms with Gasteiger partial charge in [-0.25, -0.2) is 0 Å². The Morgan fingerprint density at radius 2 is 2.06 bits per heavy atom. The first kappa shape index (κ1) is 15.9. The van der Waals surface area contributed by atoms with E-state index in [0.717, 1.165) is 32.4 Å². The number of nitrogens with zero attached hydrogens (tertiary/aromatic N) is 1. The average Bonchev–Trinajstić information content (AvgIpc) is 2.37. The second-order valence-corrected chi connectivity index (χ2v) is 6.26. The number of nitrogens with two attached hydrogens (primary N) is 1. The van der Waals surface area contributed by atoms with E-state index in [1.54, 1.807) is 0 Å². The molecule has 0 aromatic rings. The molecule has 3 unspecified atom stereocenters. The predicted molar refractivity (Wildman–Crippen MR) is 77.7 cm³/mol. The zero-order valence-electron chi connectivity index (χ0n) is 12.9. The fourth-order valence-corrected chi connectivity index (χ4v) is 3.04. The van der Waals surface area contributed by atoms with Gasteiger partial charge in [0, 0.05) is 24.7 Å². The number of hydrogen-bond donors (Lipinski definition) is 1. The Balaban J connectivity index is 2.77. The summed E-state index contributed by atoms with van der Waals surface area (Å²) >= 11 is 0. The van der Waals surface area contributed by atoms with Crippen molar-refractivity contribution in [1.82, 2.24) is 4.90 Å². The van der Waals surface area contributed by atoms with Crippen LogP contribution in [0.2, 0.25) is 0 Å². The summed E-state index contributed by atoms with van der Waals surface area (Å²) in [4.78, 5) is 2.52. The Bertz CT molecular complexity index is 243. The van der Waals surface area contributed by atoms with Crippen LogP contribution in [-0.4, -0.2) is 42.8 Å². The van der Waals surface area contributed by atoms with E-state index < -0.39 is 0 Å². The summed E-state index contributed by atoms with van der Waals surface area (Å²) < 4.78 is 5.88. The van der Waals surface area contributed by atoms with E-state index in [2.05, 4.69) is 39.6 Å². The highest BCUT2D eigenvalue weighted by molar-refractivity contribution is 4.97. The zero-order chi connectivity index (χ0) is 13.8. The van der Waals surface area contributed by atoms with E-state index in [1.165, 1.54) is 6.42 Å². The summed E-state index contributed by atoms with van der Waals surface area (Å²) in [6, 6.07) is 0.564.